The van der Waals surface area contributed by atoms with Crippen molar-refractivity contribution in [3.8, 4) is 17.2 Å². The Morgan fingerprint density at radius 2 is 1.93 bits per heavy atom. The molecule has 0 spiro atoms. The fraction of sp³-hybridized carbons (Fsp3) is 0.381. The Morgan fingerprint density at radius 1 is 1.19 bits per heavy atom. The van der Waals surface area contributed by atoms with E-state index in [0.29, 0.717) is 36.2 Å². The number of halogens is 1. The van der Waals surface area contributed by atoms with Gasteiger partial charge in [0.15, 0.2) is 17.6 Å². The summed E-state index contributed by atoms with van der Waals surface area (Å²) in [7, 11) is 0. The molecule has 1 aliphatic rings. The average Bonchev–Trinajstić information content (AvgIpc) is 2.68. The first-order valence-electron chi connectivity index (χ1n) is 9.10. The molecule has 0 saturated heterocycles. The zero-order chi connectivity index (χ0) is 19.4. The van der Waals surface area contributed by atoms with Gasteiger partial charge in [-0.25, -0.2) is 0 Å². The molecule has 1 heterocycles. The Morgan fingerprint density at radius 3 is 2.63 bits per heavy atom. The molecule has 27 heavy (non-hydrogen) atoms. The highest BCUT2D eigenvalue weighted by Crippen LogP contribution is 2.32. The normalized spacial score (nSPS) is 15.0. The lowest BCUT2D eigenvalue weighted by Gasteiger charge is -2.23. The lowest BCUT2D eigenvalue weighted by Crippen LogP contribution is -2.39. The number of carbonyl (C=O) groups excluding carboxylic acids is 1. The van der Waals surface area contributed by atoms with E-state index in [4.69, 9.17) is 25.8 Å². The van der Waals surface area contributed by atoms with Crippen LogP contribution in [0.5, 0.6) is 17.2 Å². The molecule has 6 heteroatoms. The van der Waals surface area contributed by atoms with Gasteiger partial charge in [0, 0.05) is 5.02 Å². The molecule has 2 aromatic rings. The highest BCUT2D eigenvalue weighted by atomic mass is 35.5. The largest absolute Gasteiger partial charge is 0.486 e. The molecule has 1 N–H and O–H groups in total. The molecule has 0 unspecified atom stereocenters. The van der Waals surface area contributed by atoms with Gasteiger partial charge in [0.2, 0.25) is 0 Å². The van der Waals surface area contributed by atoms with Crippen LogP contribution in [0.3, 0.4) is 0 Å². The van der Waals surface area contributed by atoms with Crippen molar-refractivity contribution in [2.45, 2.75) is 39.3 Å². The van der Waals surface area contributed by atoms with Crippen molar-refractivity contribution < 1.29 is 19.0 Å². The second kappa shape index (κ2) is 8.53. The number of hydrogen-bond donors (Lipinski definition) is 1. The molecular weight excluding hydrogens is 366 g/mol. The third kappa shape index (κ3) is 4.66. The van der Waals surface area contributed by atoms with Crippen LogP contribution in [0.4, 0.5) is 0 Å². The van der Waals surface area contributed by atoms with Gasteiger partial charge in [-0.1, -0.05) is 24.6 Å². The Kier molecular flexibility index (Phi) is 6.11. The molecule has 0 aliphatic carbocycles. The molecule has 144 valence electrons. The summed E-state index contributed by atoms with van der Waals surface area (Å²) in [6.07, 6.45) is -0.0216. The molecule has 1 amide bonds. The number of nitrogens with one attached hydrogen (secondary N) is 1. The molecule has 0 saturated carbocycles. The van der Waals surface area contributed by atoms with Crippen LogP contribution in [-0.4, -0.2) is 25.2 Å². The molecule has 0 fully saturated rings. The standard InChI is InChI=1S/C21H24ClNO4/c1-4-18(27-16-6-7-17(22)13(2)11-16)21(24)23-14(3)15-5-8-19-20(12-15)26-10-9-25-19/h5-8,11-12,14,18H,4,9-10H2,1-3H3,(H,23,24)/t14-,18-/m0/s1. The number of aryl methyl sites for hydroxylation is 1. The molecule has 0 bridgehead atoms. The molecule has 2 atom stereocenters. The van der Waals surface area contributed by atoms with Crippen molar-refractivity contribution >= 4 is 17.5 Å². The van der Waals surface area contributed by atoms with E-state index in [-0.39, 0.29) is 11.9 Å². The smallest absolute Gasteiger partial charge is 0.261 e. The van der Waals surface area contributed by atoms with Gasteiger partial charge in [-0.2, -0.15) is 0 Å². The summed E-state index contributed by atoms with van der Waals surface area (Å²) in [5, 5.41) is 3.69. The maximum absolute atomic E-state index is 12.7. The van der Waals surface area contributed by atoms with Crippen molar-refractivity contribution in [3.05, 3.63) is 52.5 Å². The summed E-state index contributed by atoms with van der Waals surface area (Å²) in [5.74, 6) is 1.91. The molecule has 1 aliphatic heterocycles. The van der Waals surface area contributed by atoms with Gasteiger partial charge in [0.25, 0.3) is 5.91 Å². The summed E-state index contributed by atoms with van der Waals surface area (Å²) >= 11 is 6.05. The maximum Gasteiger partial charge on any atom is 0.261 e. The zero-order valence-electron chi connectivity index (χ0n) is 15.8. The van der Waals surface area contributed by atoms with Gasteiger partial charge in [-0.05, 0) is 61.7 Å². The summed E-state index contributed by atoms with van der Waals surface area (Å²) in [5.41, 5.74) is 1.86. The Labute approximate surface area is 164 Å². The number of hydrogen-bond acceptors (Lipinski definition) is 4. The second-order valence-electron chi connectivity index (χ2n) is 6.56. The van der Waals surface area contributed by atoms with E-state index < -0.39 is 6.10 Å². The number of benzene rings is 2. The van der Waals surface area contributed by atoms with Crippen molar-refractivity contribution in [2.24, 2.45) is 0 Å². The van der Waals surface area contributed by atoms with Crippen LogP contribution >= 0.6 is 11.6 Å². The van der Waals surface area contributed by atoms with Crippen LogP contribution in [0.1, 0.15) is 37.4 Å². The van der Waals surface area contributed by atoms with Crippen LogP contribution in [0.15, 0.2) is 36.4 Å². The molecule has 0 radical (unpaired) electrons. The van der Waals surface area contributed by atoms with E-state index in [1.165, 1.54) is 0 Å². The Bertz CT molecular complexity index is 824. The topological polar surface area (TPSA) is 56.8 Å². The molecule has 0 aromatic heterocycles. The lowest BCUT2D eigenvalue weighted by atomic mass is 10.1. The van der Waals surface area contributed by atoms with Crippen LogP contribution in [-0.2, 0) is 4.79 Å². The average molecular weight is 390 g/mol. The van der Waals surface area contributed by atoms with Gasteiger partial charge in [-0.3, -0.25) is 4.79 Å². The minimum Gasteiger partial charge on any atom is -0.486 e. The molecular formula is C21H24ClNO4. The van der Waals surface area contributed by atoms with E-state index in [1.54, 1.807) is 12.1 Å². The number of ether oxygens (including phenoxy) is 3. The third-order valence-corrected chi connectivity index (χ3v) is 4.92. The first-order valence-corrected chi connectivity index (χ1v) is 9.48. The van der Waals surface area contributed by atoms with E-state index in [0.717, 1.165) is 16.9 Å². The first-order chi connectivity index (χ1) is 13.0. The van der Waals surface area contributed by atoms with Gasteiger partial charge in [0.1, 0.15) is 19.0 Å². The van der Waals surface area contributed by atoms with E-state index in [2.05, 4.69) is 5.32 Å². The molecule has 5 nitrogen and oxygen atoms in total. The van der Waals surface area contributed by atoms with Crippen molar-refractivity contribution in [1.29, 1.82) is 0 Å². The van der Waals surface area contributed by atoms with Crippen LogP contribution in [0, 0.1) is 6.92 Å². The monoisotopic (exact) mass is 389 g/mol. The number of rotatable bonds is 6. The zero-order valence-corrected chi connectivity index (χ0v) is 16.5. The highest BCUT2D eigenvalue weighted by molar-refractivity contribution is 6.31. The first kappa shape index (κ1) is 19.4. The number of amides is 1. The van der Waals surface area contributed by atoms with Gasteiger partial charge < -0.3 is 19.5 Å². The van der Waals surface area contributed by atoms with E-state index in [9.17, 15) is 4.79 Å². The van der Waals surface area contributed by atoms with Crippen LogP contribution in [0.2, 0.25) is 5.02 Å². The number of fused-ring (bicyclic) bond motifs is 1. The summed E-state index contributed by atoms with van der Waals surface area (Å²) in [4.78, 5) is 12.7. The summed E-state index contributed by atoms with van der Waals surface area (Å²) in [6.45, 7) is 6.84. The van der Waals surface area contributed by atoms with Crippen molar-refractivity contribution in [2.75, 3.05) is 13.2 Å². The van der Waals surface area contributed by atoms with Gasteiger partial charge in [-0.15, -0.1) is 0 Å². The van der Waals surface area contributed by atoms with Gasteiger partial charge in [0.05, 0.1) is 6.04 Å². The minimum atomic E-state index is -0.578. The van der Waals surface area contributed by atoms with Crippen molar-refractivity contribution in [3.63, 3.8) is 0 Å². The molecule has 3 rings (SSSR count). The second-order valence-corrected chi connectivity index (χ2v) is 6.97. The van der Waals surface area contributed by atoms with Gasteiger partial charge >= 0.3 is 0 Å². The highest BCUT2D eigenvalue weighted by Gasteiger charge is 2.22. The van der Waals surface area contributed by atoms with E-state index >= 15 is 0 Å². The minimum absolute atomic E-state index is 0.160. The van der Waals surface area contributed by atoms with E-state index in [1.807, 2.05) is 45.0 Å². The molecule has 2 aromatic carbocycles. The Balaban J connectivity index is 1.66. The Hall–Kier alpha value is -2.40. The quantitative estimate of drug-likeness (QED) is 0.792. The third-order valence-electron chi connectivity index (χ3n) is 4.50. The summed E-state index contributed by atoms with van der Waals surface area (Å²) < 4.78 is 17.0. The predicted octanol–water partition coefficient (Wildman–Crippen LogP) is 4.45. The summed E-state index contributed by atoms with van der Waals surface area (Å²) in [6, 6.07) is 10.9. The van der Waals surface area contributed by atoms with Crippen molar-refractivity contribution in [1.82, 2.24) is 5.32 Å². The van der Waals surface area contributed by atoms with Crippen LogP contribution < -0.4 is 19.5 Å². The fourth-order valence-corrected chi connectivity index (χ4v) is 3.01. The predicted molar refractivity (Wildman–Crippen MR) is 105 cm³/mol. The maximum atomic E-state index is 12.7. The number of carbonyl (C=O) groups is 1. The van der Waals surface area contributed by atoms with Crippen LogP contribution in [0.25, 0.3) is 0 Å². The lowest BCUT2D eigenvalue weighted by molar-refractivity contribution is -0.128. The SMILES string of the molecule is CC[C@H](Oc1ccc(Cl)c(C)c1)C(=O)N[C@@H](C)c1ccc2c(c1)OCCO2. The fourth-order valence-electron chi connectivity index (χ4n) is 2.90.